The maximum atomic E-state index is 13.6. The topological polar surface area (TPSA) is 137 Å². The smallest absolute Gasteiger partial charge is 0.305 e. The van der Waals surface area contributed by atoms with Crippen LogP contribution in [0.2, 0.25) is 0 Å². The lowest BCUT2D eigenvalue weighted by atomic mass is 9.68. The van der Waals surface area contributed by atoms with Crippen molar-refractivity contribution >= 4 is 46.8 Å². The van der Waals surface area contributed by atoms with E-state index in [0.29, 0.717) is 5.75 Å². The second kappa shape index (κ2) is 10.9. The molecule has 6 unspecified atom stereocenters. The SMILES string of the molecule is O=C(O)CCCN1C(=O)C2C3CC(C2C1=O)C1C3Sc2[nH]c(=O)sc2[C@@H]1c1cccc(OCC(=O)N2CCCCC2)c1. The number of hydrogen-bond donors (Lipinski definition) is 2. The molecule has 2 aromatic rings. The maximum absolute atomic E-state index is 13.6. The fourth-order valence-electron chi connectivity index (χ4n) is 8.24. The van der Waals surface area contributed by atoms with E-state index >= 15 is 0 Å². The number of hydrogen-bond acceptors (Lipinski definition) is 8. The van der Waals surface area contributed by atoms with Crippen LogP contribution in [-0.2, 0) is 19.2 Å². The molecule has 2 saturated carbocycles. The minimum atomic E-state index is -0.943. The molecule has 222 valence electrons. The number of piperidine rings is 1. The van der Waals surface area contributed by atoms with Gasteiger partial charge >= 0.3 is 10.8 Å². The number of aliphatic carboxylic acids is 1. The van der Waals surface area contributed by atoms with E-state index < -0.39 is 11.9 Å². The minimum absolute atomic E-state index is 0.0107. The van der Waals surface area contributed by atoms with E-state index in [1.54, 1.807) is 11.8 Å². The quantitative estimate of drug-likeness (QED) is 0.435. The van der Waals surface area contributed by atoms with Gasteiger partial charge in [-0.05, 0) is 67.6 Å². The van der Waals surface area contributed by atoms with Crippen LogP contribution in [0, 0.1) is 29.6 Å². The monoisotopic (exact) mass is 611 g/mol. The first-order valence-corrected chi connectivity index (χ1v) is 16.5. The Labute approximate surface area is 250 Å². The minimum Gasteiger partial charge on any atom is -0.484 e. The average molecular weight is 612 g/mol. The van der Waals surface area contributed by atoms with Gasteiger partial charge in [-0.25, -0.2) is 0 Å². The van der Waals surface area contributed by atoms with Gasteiger partial charge in [0.25, 0.3) is 5.91 Å². The van der Waals surface area contributed by atoms with Gasteiger partial charge in [-0.3, -0.25) is 28.9 Å². The van der Waals surface area contributed by atoms with Gasteiger partial charge in [0.05, 0.1) is 16.9 Å². The number of imide groups is 1. The van der Waals surface area contributed by atoms with Gasteiger partial charge in [-0.1, -0.05) is 23.5 Å². The summed E-state index contributed by atoms with van der Waals surface area (Å²) in [6.07, 6.45) is 4.13. The first kappa shape index (κ1) is 27.7. The first-order valence-electron chi connectivity index (χ1n) is 14.8. The molecule has 7 rings (SSSR count). The summed E-state index contributed by atoms with van der Waals surface area (Å²) in [5, 5.41) is 9.94. The van der Waals surface area contributed by atoms with Gasteiger partial charge in [0, 0.05) is 42.1 Å². The fraction of sp³-hybridized carbons (Fsp3) is 0.567. The predicted octanol–water partition coefficient (Wildman–Crippen LogP) is 3.17. The molecular weight excluding hydrogens is 578 g/mol. The molecular formula is C30H33N3O7S2. The molecule has 42 heavy (non-hydrogen) atoms. The van der Waals surface area contributed by atoms with Crippen LogP contribution in [0.1, 0.15) is 54.9 Å². The molecule has 12 heteroatoms. The van der Waals surface area contributed by atoms with Crippen molar-refractivity contribution in [1.82, 2.24) is 14.8 Å². The molecule has 2 N–H and O–H groups in total. The number of nitrogens with one attached hydrogen (secondary N) is 1. The van der Waals surface area contributed by atoms with Gasteiger partial charge in [-0.15, -0.1) is 11.8 Å². The van der Waals surface area contributed by atoms with Crippen molar-refractivity contribution in [3.8, 4) is 5.75 Å². The molecule has 2 saturated heterocycles. The number of benzene rings is 1. The van der Waals surface area contributed by atoms with Crippen molar-refractivity contribution in [2.24, 2.45) is 29.6 Å². The molecule has 2 aliphatic carbocycles. The Morgan fingerprint density at radius 2 is 1.81 bits per heavy atom. The Kier molecular flexibility index (Phi) is 7.16. The molecule has 7 atom stereocenters. The Morgan fingerprint density at radius 3 is 2.57 bits per heavy atom. The van der Waals surface area contributed by atoms with Crippen LogP contribution in [0.5, 0.6) is 5.75 Å². The lowest BCUT2D eigenvalue weighted by Crippen LogP contribution is -2.42. The zero-order valence-corrected chi connectivity index (χ0v) is 24.7. The number of carbonyl (C=O) groups excluding carboxylic acids is 3. The van der Waals surface area contributed by atoms with E-state index in [-0.39, 0.29) is 83.4 Å². The number of thioether (sulfide) groups is 1. The highest BCUT2D eigenvalue weighted by Crippen LogP contribution is 2.68. The largest absolute Gasteiger partial charge is 0.484 e. The van der Waals surface area contributed by atoms with Crippen molar-refractivity contribution in [2.45, 2.75) is 54.7 Å². The third-order valence-electron chi connectivity index (χ3n) is 9.88. The number of carboxylic acids is 1. The van der Waals surface area contributed by atoms with E-state index in [1.807, 2.05) is 29.2 Å². The van der Waals surface area contributed by atoms with Crippen LogP contribution in [0.25, 0.3) is 0 Å². The molecule has 3 amide bonds. The fourth-order valence-corrected chi connectivity index (χ4v) is 11.1. The number of rotatable bonds is 8. The van der Waals surface area contributed by atoms with E-state index in [1.165, 1.54) is 16.2 Å². The van der Waals surface area contributed by atoms with Crippen molar-refractivity contribution in [3.63, 3.8) is 0 Å². The summed E-state index contributed by atoms with van der Waals surface area (Å²) in [6, 6.07) is 7.73. The zero-order valence-electron chi connectivity index (χ0n) is 23.0. The number of aromatic nitrogens is 1. The molecule has 0 radical (unpaired) electrons. The molecule has 4 heterocycles. The number of carboxylic acid groups (broad SMARTS) is 1. The van der Waals surface area contributed by atoms with Gasteiger partial charge in [0.15, 0.2) is 6.61 Å². The zero-order chi connectivity index (χ0) is 29.1. The number of H-pyrrole nitrogens is 1. The van der Waals surface area contributed by atoms with E-state index in [2.05, 4.69) is 4.98 Å². The number of carbonyl (C=O) groups is 4. The number of amides is 3. The van der Waals surface area contributed by atoms with Gasteiger partial charge in [0.2, 0.25) is 11.8 Å². The maximum Gasteiger partial charge on any atom is 0.305 e. The number of thiazole rings is 1. The number of ether oxygens (including phenoxy) is 1. The highest BCUT2D eigenvalue weighted by molar-refractivity contribution is 8.00. The predicted molar refractivity (Wildman–Crippen MR) is 154 cm³/mol. The molecule has 1 aromatic heterocycles. The summed E-state index contributed by atoms with van der Waals surface area (Å²) in [5.41, 5.74) is 0.976. The normalized spacial score (nSPS) is 31.2. The highest BCUT2D eigenvalue weighted by atomic mass is 32.2. The van der Waals surface area contributed by atoms with E-state index in [9.17, 15) is 24.0 Å². The molecule has 0 spiro atoms. The second-order valence-corrected chi connectivity index (χ2v) is 14.3. The molecule has 3 aliphatic heterocycles. The van der Waals surface area contributed by atoms with Crippen LogP contribution < -0.4 is 9.61 Å². The molecule has 1 aromatic carbocycles. The van der Waals surface area contributed by atoms with Crippen LogP contribution in [-0.4, -0.2) is 75.1 Å². The highest BCUT2D eigenvalue weighted by Gasteiger charge is 2.69. The Hall–Kier alpha value is -3.12. The summed E-state index contributed by atoms with van der Waals surface area (Å²) in [4.78, 5) is 70.4. The number of nitrogens with zero attached hydrogens (tertiary/aromatic N) is 2. The number of fused-ring (bicyclic) bond motifs is 9. The third kappa shape index (κ3) is 4.57. The lowest BCUT2D eigenvalue weighted by molar-refractivity contribution is -0.142. The summed E-state index contributed by atoms with van der Waals surface area (Å²) in [7, 11) is 0. The van der Waals surface area contributed by atoms with E-state index in [4.69, 9.17) is 9.84 Å². The lowest BCUT2D eigenvalue weighted by Gasteiger charge is -2.43. The Bertz CT molecular complexity index is 1500. The van der Waals surface area contributed by atoms with Crippen LogP contribution in [0.15, 0.2) is 34.1 Å². The van der Waals surface area contributed by atoms with Crippen LogP contribution in [0.4, 0.5) is 0 Å². The van der Waals surface area contributed by atoms with E-state index in [0.717, 1.165) is 54.2 Å². The van der Waals surface area contributed by atoms with Crippen LogP contribution >= 0.6 is 23.1 Å². The molecule has 4 fully saturated rings. The molecule has 10 nitrogen and oxygen atoms in total. The van der Waals surface area contributed by atoms with Crippen molar-refractivity contribution in [2.75, 3.05) is 26.2 Å². The van der Waals surface area contributed by atoms with Gasteiger partial charge in [0.1, 0.15) is 5.75 Å². The number of likely N-dealkylation sites (tertiary alicyclic amines) is 2. The summed E-state index contributed by atoms with van der Waals surface area (Å²) in [5.74, 6) is -1.59. The average Bonchev–Trinajstić information content (AvgIpc) is 3.72. The third-order valence-corrected chi connectivity index (χ3v) is 12.5. The summed E-state index contributed by atoms with van der Waals surface area (Å²) >= 11 is 2.83. The standard InChI is InChI=1S/C30H33N3O7S2/c34-19(32-9-2-1-3-10-32)14-40-16-7-4-6-15(12-16)21-22-17-13-18(25(22)41-27-26(21)42-30(39)31-27)24-23(17)28(37)33(29(24)38)11-5-8-20(35)36/h4,6-7,12,17-18,21-25H,1-3,5,8-11,13-14H2,(H,31,39)(H,35,36)/t17?,18?,21-,22?,23?,24?,25?/m1/s1. The van der Waals surface area contributed by atoms with Gasteiger partial charge in [-0.2, -0.15) is 0 Å². The van der Waals surface area contributed by atoms with Crippen LogP contribution in [0.3, 0.4) is 0 Å². The Morgan fingerprint density at radius 1 is 1.05 bits per heavy atom. The second-order valence-electron chi connectivity index (χ2n) is 12.1. The first-order chi connectivity index (χ1) is 20.3. The summed E-state index contributed by atoms with van der Waals surface area (Å²) < 4.78 is 5.98. The van der Waals surface area contributed by atoms with Crippen molar-refractivity contribution in [3.05, 3.63) is 44.4 Å². The van der Waals surface area contributed by atoms with Crippen molar-refractivity contribution in [1.29, 1.82) is 0 Å². The van der Waals surface area contributed by atoms with Gasteiger partial charge < -0.3 is 19.7 Å². The van der Waals surface area contributed by atoms with Crippen molar-refractivity contribution < 1.29 is 29.0 Å². The molecule has 2 bridgehead atoms. The molecule has 5 aliphatic rings. The Balaban J connectivity index is 1.16. The number of aromatic amines is 1. The summed E-state index contributed by atoms with van der Waals surface area (Å²) in [6.45, 7) is 1.65.